The summed E-state index contributed by atoms with van der Waals surface area (Å²) >= 11 is 0. The first-order valence-corrected chi connectivity index (χ1v) is 7.15. The third kappa shape index (κ3) is 2.48. The summed E-state index contributed by atoms with van der Waals surface area (Å²) in [5.41, 5.74) is 4.79. The highest BCUT2D eigenvalue weighted by Gasteiger charge is 2.21. The van der Waals surface area contributed by atoms with E-state index in [1.54, 1.807) is 0 Å². The van der Waals surface area contributed by atoms with Crippen molar-refractivity contribution >= 4 is 5.69 Å². The number of rotatable bonds is 2. The van der Waals surface area contributed by atoms with Gasteiger partial charge in [0.2, 0.25) is 0 Å². The third-order valence-corrected chi connectivity index (χ3v) is 3.87. The molecular weight excluding hydrogens is 248 g/mol. The molecule has 0 radical (unpaired) electrons. The standard InChI is InChI=1S/C17H20N2O/c1-12-8-9-18-11-16(12)19-15-7-4-10-20-17-13(2)5-3-6-14(15)17/h3,5-6,8-9,11,15,19H,4,7,10H2,1-2H3. The average Bonchev–Trinajstić information content (AvgIpc) is 2.65. The van der Waals surface area contributed by atoms with Crippen molar-refractivity contribution in [1.82, 2.24) is 4.98 Å². The van der Waals surface area contributed by atoms with Crippen LogP contribution in [0.1, 0.15) is 35.6 Å². The number of fused-ring (bicyclic) bond motifs is 1. The SMILES string of the molecule is Cc1ccncc1NC1CCCOc2c(C)cccc21. The second-order valence-electron chi connectivity index (χ2n) is 5.37. The summed E-state index contributed by atoms with van der Waals surface area (Å²) in [6.45, 7) is 5.01. The lowest BCUT2D eigenvalue weighted by Gasteiger charge is -2.21. The van der Waals surface area contributed by atoms with E-state index in [2.05, 4.69) is 42.3 Å². The highest BCUT2D eigenvalue weighted by molar-refractivity contribution is 5.52. The Morgan fingerprint density at radius 2 is 2.10 bits per heavy atom. The second kappa shape index (κ2) is 5.53. The molecule has 0 saturated heterocycles. The Bertz CT molecular complexity index is 610. The van der Waals surface area contributed by atoms with Crippen molar-refractivity contribution in [3.63, 3.8) is 0 Å². The summed E-state index contributed by atoms with van der Waals surface area (Å²) in [6.07, 6.45) is 5.86. The number of pyridine rings is 1. The molecule has 1 aliphatic heterocycles. The normalized spacial score (nSPS) is 17.8. The van der Waals surface area contributed by atoms with E-state index < -0.39 is 0 Å². The lowest BCUT2D eigenvalue weighted by Crippen LogP contribution is -2.11. The predicted octanol–water partition coefficient (Wildman–Crippen LogP) is 4.02. The monoisotopic (exact) mass is 268 g/mol. The second-order valence-corrected chi connectivity index (χ2v) is 5.37. The Balaban J connectivity index is 1.95. The number of nitrogens with one attached hydrogen (secondary N) is 1. The number of hydrogen-bond acceptors (Lipinski definition) is 3. The highest BCUT2D eigenvalue weighted by Crippen LogP contribution is 2.36. The molecule has 0 bridgehead atoms. The Morgan fingerprint density at radius 3 is 2.95 bits per heavy atom. The maximum Gasteiger partial charge on any atom is 0.127 e. The molecule has 0 spiro atoms. The fourth-order valence-corrected chi connectivity index (χ4v) is 2.72. The predicted molar refractivity (Wildman–Crippen MR) is 81.2 cm³/mol. The first-order valence-electron chi connectivity index (χ1n) is 7.15. The highest BCUT2D eigenvalue weighted by atomic mass is 16.5. The number of para-hydroxylation sites is 1. The smallest absolute Gasteiger partial charge is 0.127 e. The maximum absolute atomic E-state index is 5.92. The van der Waals surface area contributed by atoms with Crippen LogP contribution in [0.4, 0.5) is 5.69 Å². The molecule has 3 rings (SSSR count). The molecular formula is C17H20N2O. The zero-order valence-corrected chi connectivity index (χ0v) is 12.0. The summed E-state index contributed by atoms with van der Waals surface area (Å²) < 4.78 is 5.92. The van der Waals surface area contributed by atoms with Crippen LogP contribution in [-0.4, -0.2) is 11.6 Å². The Hall–Kier alpha value is -2.03. The van der Waals surface area contributed by atoms with Crippen LogP contribution < -0.4 is 10.1 Å². The van der Waals surface area contributed by atoms with Crippen LogP contribution >= 0.6 is 0 Å². The van der Waals surface area contributed by atoms with Crippen molar-refractivity contribution in [3.05, 3.63) is 53.3 Å². The Kier molecular flexibility index (Phi) is 3.59. The fourth-order valence-electron chi connectivity index (χ4n) is 2.72. The molecule has 1 aliphatic rings. The van der Waals surface area contributed by atoms with E-state index in [9.17, 15) is 0 Å². The van der Waals surface area contributed by atoms with Crippen molar-refractivity contribution < 1.29 is 4.74 Å². The van der Waals surface area contributed by atoms with Crippen LogP contribution in [0.25, 0.3) is 0 Å². The lowest BCUT2D eigenvalue weighted by molar-refractivity contribution is 0.314. The van der Waals surface area contributed by atoms with E-state index in [-0.39, 0.29) is 6.04 Å². The van der Waals surface area contributed by atoms with Gasteiger partial charge in [-0.2, -0.15) is 0 Å². The van der Waals surface area contributed by atoms with Crippen molar-refractivity contribution in [2.75, 3.05) is 11.9 Å². The van der Waals surface area contributed by atoms with Crippen LogP contribution in [0.2, 0.25) is 0 Å². The van der Waals surface area contributed by atoms with Gasteiger partial charge in [-0.3, -0.25) is 4.98 Å². The average molecular weight is 268 g/mol. The Morgan fingerprint density at radius 1 is 1.20 bits per heavy atom. The minimum atomic E-state index is 0.287. The van der Waals surface area contributed by atoms with Crippen LogP contribution in [0, 0.1) is 13.8 Å². The van der Waals surface area contributed by atoms with Gasteiger partial charge >= 0.3 is 0 Å². The van der Waals surface area contributed by atoms with Gasteiger partial charge in [0.25, 0.3) is 0 Å². The molecule has 2 aromatic rings. The van der Waals surface area contributed by atoms with Gasteiger partial charge < -0.3 is 10.1 Å². The van der Waals surface area contributed by atoms with Crippen molar-refractivity contribution in [3.8, 4) is 5.75 Å². The van der Waals surface area contributed by atoms with Gasteiger partial charge in [-0.05, 0) is 43.9 Å². The van der Waals surface area contributed by atoms with Crippen molar-refractivity contribution in [2.45, 2.75) is 32.7 Å². The number of ether oxygens (including phenoxy) is 1. The topological polar surface area (TPSA) is 34.2 Å². The zero-order chi connectivity index (χ0) is 13.9. The molecule has 104 valence electrons. The summed E-state index contributed by atoms with van der Waals surface area (Å²) in [5.74, 6) is 1.05. The van der Waals surface area contributed by atoms with Crippen molar-refractivity contribution in [2.24, 2.45) is 0 Å². The number of nitrogens with zero attached hydrogens (tertiary/aromatic N) is 1. The summed E-state index contributed by atoms with van der Waals surface area (Å²) in [4.78, 5) is 4.21. The van der Waals surface area contributed by atoms with E-state index in [1.165, 1.54) is 16.7 Å². The molecule has 1 aromatic carbocycles. The maximum atomic E-state index is 5.92. The lowest BCUT2D eigenvalue weighted by atomic mass is 9.99. The molecule has 1 N–H and O–H groups in total. The molecule has 3 nitrogen and oxygen atoms in total. The fraction of sp³-hybridized carbons (Fsp3) is 0.353. The number of aromatic nitrogens is 1. The van der Waals surface area contributed by atoms with Crippen LogP contribution in [-0.2, 0) is 0 Å². The number of benzene rings is 1. The largest absolute Gasteiger partial charge is 0.493 e. The van der Waals surface area contributed by atoms with Crippen LogP contribution in [0.15, 0.2) is 36.7 Å². The first kappa shape index (κ1) is 13.0. The van der Waals surface area contributed by atoms with E-state index >= 15 is 0 Å². The van der Waals surface area contributed by atoms with Gasteiger partial charge in [-0.1, -0.05) is 18.2 Å². The summed E-state index contributed by atoms with van der Waals surface area (Å²) in [5, 5.41) is 3.63. The number of hydrogen-bond donors (Lipinski definition) is 1. The number of aryl methyl sites for hydroxylation is 2. The molecule has 0 saturated carbocycles. The van der Waals surface area contributed by atoms with E-state index in [0.29, 0.717) is 0 Å². The van der Waals surface area contributed by atoms with Gasteiger partial charge in [0.1, 0.15) is 5.75 Å². The molecule has 2 heterocycles. The van der Waals surface area contributed by atoms with Crippen molar-refractivity contribution in [1.29, 1.82) is 0 Å². The van der Waals surface area contributed by atoms with E-state index in [0.717, 1.165) is 30.9 Å². The molecule has 3 heteroatoms. The van der Waals surface area contributed by atoms with Gasteiger partial charge in [0, 0.05) is 11.8 Å². The molecule has 1 atom stereocenters. The van der Waals surface area contributed by atoms with Gasteiger partial charge in [-0.25, -0.2) is 0 Å². The summed E-state index contributed by atoms with van der Waals surface area (Å²) in [6, 6.07) is 8.70. The molecule has 1 unspecified atom stereocenters. The Labute approximate surface area is 120 Å². The number of anilines is 1. The van der Waals surface area contributed by atoms with Crippen LogP contribution in [0.5, 0.6) is 5.75 Å². The zero-order valence-electron chi connectivity index (χ0n) is 12.0. The molecule has 0 aliphatic carbocycles. The van der Waals surface area contributed by atoms with Gasteiger partial charge in [-0.15, -0.1) is 0 Å². The molecule has 1 aromatic heterocycles. The minimum Gasteiger partial charge on any atom is -0.493 e. The minimum absolute atomic E-state index is 0.287. The van der Waals surface area contributed by atoms with E-state index in [4.69, 9.17) is 4.74 Å². The third-order valence-electron chi connectivity index (χ3n) is 3.87. The van der Waals surface area contributed by atoms with E-state index in [1.807, 2.05) is 18.5 Å². The van der Waals surface area contributed by atoms with Gasteiger partial charge in [0.15, 0.2) is 0 Å². The first-order chi connectivity index (χ1) is 9.75. The van der Waals surface area contributed by atoms with Crippen LogP contribution in [0.3, 0.4) is 0 Å². The molecule has 20 heavy (non-hydrogen) atoms. The molecule has 0 fully saturated rings. The molecule has 0 amide bonds. The van der Waals surface area contributed by atoms with Gasteiger partial charge in [0.05, 0.1) is 24.5 Å². The summed E-state index contributed by atoms with van der Waals surface area (Å²) in [7, 11) is 0. The quantitative estimate of drug-likeness (QED) is 0.893.